The molecular weight excluding hydrogens is 382 g/mol. The van der Waals surface area contributed by atoms with E-state index in [9.17, 15) is 8.42 Å². The summed E-state index contributed by atoms with van der Waals surface area (Å²) < 4.78 is 27.1. The topological polar surface area (TPSA) is 53.9 Å². The summed E-state index contributed by atoms with van der Waals surface area (Å²) in [6, 6.07) is 14.5. The second kappa shape index (κ2) is 8.78. The maximum Gasteiger partial charge on any atom is 0.255 e. The zero-order chi connectivity index (χ0) is 19.3. The van der Waals surface area contributed by atoms with E-state index in [1.54, 1.807) is 35.2 Å². The number of hydrogen-bond acceptors (Lipinski definition) is 3. The molecule has 0 spiro atoms. The van der Waals surface area contributed by atoms with Crippen LogP contribution in [0.5, 0.6) is 0 Å². The van der Waals surface area contributed by atoms with Crippen LogP contribution in [-0.4, -0.2) is 41.1 Å². The molecule has 1 heterocycles. The van der Waals surface area contributed by atoms with Crippen molar-refractivity contribution >= 4 is 39.1 Å². The van der Waals surface area contributed by atoms with E-state index in [1.165, 1.54) is 0 Å². The van der Waals surface area contributed by atoms with E-state index in [1.807, 2.05) is 24.3 Å². The van der Waals surface area contributed by atoms with Crippen molar-refractivity contribution in [2.75, 3.05) is 42.3 Å². The normalized spacial score (nSPS) is 16.0. The number of hydrogen-bond donors (Lipinski definition) is 2. The molecule has 0 bridgehead atoms. The van der Waals surface area contributed by atoms with Crippen molar-refractivity contribution in [1.29, 1.82) is 0 Å². The molecule has 5 nitrogen and oxygen atoms in total. The summed E-state index contributed by atoms with van der Waals surface area (Å²) in [7, 11) is -3.57. The van der Waals surface area contributed by atoms with Gasteiger partial charge in [-0.1, -0.05) is 23.7 Å². The van der Waals surface area contributed by atoms with Crippen LogP contribution in [0.1, 0.15) is 12.5 Å². The molecule has 7 heteroatoms. The van der Waals surface area contributed by atoms with Crippen LogP contribution in [0.15, 0.2) is 53.9 Å². The zero-order valence-corrected chi connectivity index (χ0v) is 16.9. The quantitative estimate of drug-likeness (QED) is 0.774. The number of nitrogens with one attached hydrogen (secondary N) is 2. The van der Waals surface area contributed by atoms with Crippen molar-refractivity contribution < 1.29 is 13.3 Å². The van der Waals surface area contributed by atoms with Crippen molar-refractivity contribution in [1.82, 2.24) is 0 Å². The first-order valence-electron chi connectivity index (χ1n) is 9.10. The van der Waals surface area contributed by atoms with Gasteiger partial charge in [-0.15, -0.1) is 0 Å². The van der Waals surface area contributed by atoms with E-state index < -0.39 is 10.0 Å². The minimum atomic E-state index is -3.57. The molecule has 144 valence electrons. The highest BCUT2D eigenvalue weighted by Crippen LogP contribution is 2.19. The van der Waals surface area contributed by atoms with Gasteiger partial charge in [0.05, 0.1) is 38.1 Å². The van der Waals surface area contributed by atoms with Gasteiger partial charge in [-0.2, -0.15) is 0 Å². The highest BCUT2D eigenvalue weighted by molar-refractivity contribution is 7.95. The molecule has 0 aliphatic carbocycles. The van der Waals surface area contributed by atoms with Crippen LogP contribution in [0.25, 0.3) is 6.08 Å². The molecule has 1 saturated heterocycles. The standard InChI is InChI=1S/C20H24ClN3O2S/c1-2-23-12-14-24(15-13-23)20-9-7-19(8-10-20)22-27(25,26)16-11-17-3-5-18(21)6-4-17/h3-11,16,22H,2,12-15H2,1H3/p+1/b16-11+. The van der Waals surface area contributed by atoms with Gasteiger partial charge in [-0.25, -0.2) is 8.42 Å². The Morgan fingerprint density at radius 3 is 2.30 bits per heavy atom. The second-order valence-electron chi connectivity index (χ2n) is 6.64. The van der Waals surface area contributed by atoms with Crippen molar-refractivity contribution in [3.8, 4) is 0 Å². The molecule has 0 amide bonds. The van der Waals surface area contributed by atoms with Gasteiger partial charge >= 0.3 is 0 Å². The lowest BCUT2D eigenvalue weighted by Crippen LogP contribution is -3.14. The van der Waals surface area contributed by atoms with E-state index in [-0.39, 0.29) is 0 Å². The van der Waals surface area contributed by atoms with Gasteiger partial charge in [-0.05, 0) is 55.0 Å². The Labute approximate surface area is 166 Å². The van der Waals surface area contributed by atoms with Crippen LogP contribution in [0.4, 0.5) is 11.4 Å². The van der Waals surface area contributed by atoms with E-state index in [0.717, 1.165) is 49.4 Å². The number of nitrogens with zero attached hydrogens (tertiary/aromatic N) is 1. The number of sulfonamides is 1. The summed E-state index contributed by atoms with van der Waals surface area (Å²) in [5, 5.41) is 1.78. The molecule has 2 N–H and O–H groups in total. The number of benzene rings is 2. The molecule has 1 aliphatic heterocycles. The number of likely N-dealkylation sites (N-methyl/N-ethyl adjacent to an activating group) is 1. The van der Waals surface area contributed by atoms with Crippen LogP contribution in [-0.2, 0) is 10.0 Å². The number of anilines is 2. The lowest BCUT2D eigenvalue weighted by molar-refractivity contribution is -0.898. The van der Waals surface area contributed by atoms with E-state index in [4.69, 9.17) is 11.6 Å². The van der Waals surface area contributed by atoms with Crippen LogP contribution in [0.2, 0.25) is 5.02 Å². The van der Waals surface area contributed by atoms with Crippen molar-refractivity contribution in [3.63, 3.8) is 0 Å². The van der Waals surface area contributed by atoms with Gasteiger partial charge in [0.2, 0.25) is 0 Å². The predicted octanol–water partition coefficient (Wildman–Crippen LogP) is 2.48. The largest absolute Gasteiger partial charge is 0.360 e. The zero-order valence-electron chi connectivity index (χ0n) is 15.4. The summed E-state index contributed by atoms with van der Waals surface area (Å²) in [4.78, 5) is 3.97. The number of quaternary nitrogens is 1. The molecule has 0 aromatic heterocycles. The summed E-state index contributed by atoms with van der Waals surface area (Å²) in [5.74, 6) is 0. The molecule has 0 unspecified atom stereocenters. The maximum absolute atomic E-state index is 12.3. The van der Waals surface area contributed by atoms with Gasteiger partial charge in [0.1, 0.15) is 0 Å². The second-order valence-corrected chi connectivity index (χ2v) is 8.64. The number of halogens is 1. The van der Waals surface area contributed by atoms with E-state index >= 15 is 0 Å². The van der Waals surface area contributed by atoms with Crippen molar-refractivity contribution in [2.24, 2.45) is 0 Å². The summed E-state index contributed by atoms with van der Waals surface area (Å²) in [5.41, 5.74) is 2.45. The molecule has 1 fully saturated rings. The molecule has 3 rings (SSSR count). The highest BCUT2D eigenvalue weighted by atomic mass is 35.5. The first kappa shape index (κ1) is 19.7. The minimum Gasteiger partial charge on any atom is -0.360 e. The lowest BCUT2D eigenvalue weighted by Gasteiger charge is -2.33. The van der Waals surface area contributed by atoms with E-state index in [0.29, 0.717) is 10.7 Å². The first-order valence-corrected chi connectivity index (χ1v) is 11.0. The Morgan fingerprint density at radius 1 is 1.07 bits per heavy atom. The van der Waals surface area contributed by atoms with Crippen LogP contribution >= 0.6 is 11.6 Å². The molecule has 2 aromatic rings. The smallest absolute Gasteiger partial charge is 0.255 e. The van der Waals surface area contributed by atoms with Crippen molar-refractivity contribution in [3.05, 3.63) is 64.5 Å². The Hall–Kier alpha value is -2.02. The Kier molecular flexibility index (Phi) is 6.42. The number of piperazine rings is 1. The molecule has 0 atom stereocenters. The fourth-order valence-corrected chi connectivity index (χ4v) is 4.11. The van der Waals surface area contributed by atoms with E-state index in [2.05, 4.69) is 16.5 Å². The SMILES string of the molecule is CC[NH+]1CCN(c2ccc(NS(=O)(=O)/C=C/c3ccc(Cl)cc3)cc2)CC1. The third-order valence-corrected chi connectivity index (χ3v) is 6.04. The van der Waals surface area contributed by atoms with Gasteiger partial charge in [0.25, 0.3) is 10.0 Å². The highest BCUT2D eigenvalue weighted by Gasteiger charge is 2.18. The first-order chi connectivity index (χ1) is 12.9. The molecular formula is C20H25ClN3O2S+. The Balaban J connectivity index is 1.61. The fraction of sp³-hybridized carbons (Fsp3) is 0.300. The minimum absolute atomic E-state index is 0.553. The molecule has 1 aliphatic rings. The molecule has 2 aromatic carbocycles. The van der Waals surface area contributed by atoms with Crippen molar-refractivity contribution in [2.45, 2.75) is 6.92 Å². The van der Waals surface area contributed by atoms with Gasteiger partial charge < -0.3 is 9.80 Å². The van der Waals surface area contributed by atoms with Crippen LogP contribution in [0.3, 0.4) is 0 Å². The molecule has 27 heavy (non-hydrogen) atoms. The predicted molar refractivity (Wildman–Crippen MR) is 113 cm³/mol. The number of rotatable bonds is 6. The lowest BCUT2D eigenvalue weighted by atomic mass is 10.2. The van der Waals surface area contributed by atoms with Gasteiger partial charge in [0, 0.05) is 16.4 Å². The third kappa shape index (κ3) is 5.73. The fourth-order valence-electron chi connectivity index (χ4n) is 3.12. The molecule has 0 saturated carbocycles. The Morgan fingerprint density at radius 2 is 1.70 bits per heavy atom. The summed E-state index contributed by atoms with van der Waals surface area (Å²) in [6.07, 6.45) is 1.54. The van der Waals surface area contributed by atoms with Crippen LogP contribution in [0, 0.1) is 0 Å². The van der Waals surface area contributed by atoms with Crippen LogP contribution < -0.4 is 14.5 Å². The summed E-state index contributed by atoms with van der Waals surface area (Å²) >= 11 is 5.83. The third-order valence-electron chi connectivity index (χ3n) is 4.77. The monoisotopic (exact) mass is 406 g/mol. The van der Waals surface area contributed by atoms with Gasteiger partial charge in [0.15, 0.2) is 0 Å². The maximum atomic E-state index is 12.3. The Bertz CT molecular complexity index is 872. The van der Waals surface area contributed by atoms with Gasteiger partial charge in [-0.3, -0.25) is 4.72 Å². The molecule has 0 radical (unpaired) electrons. The summed E-state index contributed by atoms with van der Waals surface area (Å²) in [6.45, 7) is 7.71. The average Bonchev–Trinajstić information content (AvgIpc) is 2.68. The average molecular weight is 407 g/mol.